The van der Waals surface area contributed by atoms with Crippen molar-refractivity contribution in [2.75, 3.05) is 0 Å². The molecule has 0 aliphatic heterocycles. The average Bonchev–Trinajstić information content (AvgIpc) is 3.22. The van der Waals surface area contributed by atoms with Gasteiger partial charge in [-0.05, 0) is 135 Å². The molecule has 0 atom stereocenters. The molecule has 52 heavy (non-hydrogen) atoms. The third kappa shape index (κ3) is 5.43. The molecule has 0 nitrogen and oxygen atoms in total. The van der Waals surface area contributed by atoms with Gasteiger partial charge in [0.25, 0.3) is 0 Å². The van der Waals surface area contributed by atoms with Gasteiger partial charge >= 0.3 is 0 Å². The molecule has 0 amide bonds. The molecular formula is C52H34. The van der Waals surface area contributed by atoms with Crippen molar-refractivity contribution >= 4 is 43.1 Å². The Morgan fingerprint density at radius 3 is 0.865 bits per heavy atom. The van der Waals surface area contributed by atoms with E-state index in [9.17, 15) is 0 Å². The lowest BCUT2D eigenvalue weighted by Gasteiger charge is -2.16. The molecule has 0 aliphatic carbocycles. The zero-order chi connectivity index (χ0) is 34.4. The summed E-state index contributed by atoms with van der Waals surface area (Å²) in [7, 11) is 0. The van der Waals surface area contributed by atoms with E-state index >= 15 is 0 Å². The Morgan fingerprint density at radius 2 is 0.462 bits per heavy atom. The van der Waals surface area contributed by atoms with Gasteiger partial charge in [-0.25, -0.2) is 0 Å². The van der Waals surface area contributed by atoms with Gasteiger partial charge in [0.15, 0.2) is 0 Å². The van der Waals surface area contributed by atoms with E-state index < -0.39 is 0 Å². The van der Waals surface area contributed by atoms with Gasteiger partial charge in [-0.2, -0.15) is 0 Å². The average molecular weight is 659 g/mol. The second-order valence-electron chi connectivity index (χ2n) is 13.8. The van der Waals surface area contributed by atoms with Crippen molar-refractivity contribution in [2.24, 2.45) is 0 Å². The summed E-state index contributed by atoms with van der Waals surface area (Å²) in [5, 5.41) is 10.0. The first-order valence-corrected chi connectivity index (χ1v) is 18.0. The fraction of sp³-hybridized carbons (Fsp3) is 0. The summed E-state index contributed by atoms with van der Waals surface area (Å²) < 4.78 is 0. The van der Waals surface area contributed by atoms with Gasteiger partial charge in [-0.3, -0.25) is 0 Å². The molecule has 0 bridgehead atoms. The summed E-state index contributed by atoms with van der Waals surface area (Å²) in [4.78, 5) is 0. The fourth-order valence-corrected chi connectivity index (χ4v) is 7.85. The van der Waals surface area contributed by atoms with Crippen LogP contribution in [0.2, 0.25) is 0 Å². The number of rotatable bonds is 5. The van der Waals surface area contributed by atoms with Crippen LogP contribution in [0.15, 0.2) is 206 Å². The highest BCUT2D eigenvalue weighted by Gasteiger charge is 2.14. The molecule has 10 rings (SSSR count). The standard InChI is InChI=1S/C52H34/c1-3-11-41-29-43(27-25-35(41)9-1)37-17-21-39(22-18-37)47-31-45-13-5-7-15-49(45)51(33-47)52-34-48(32-46-14-6-8-16-50(46)52)40-23-19-38(20-24-40)44-28-26-36-10-2-4-12-42(36)30-44/h1-34H. The van der Waals surface area contributed by atoms with Crippen molar-refractivity contribution in [3.8, 4) is 55.6 Å². The van der Waals surface area contributed by atoms with Gasteiger partial charge in [0, 0.05) is 0 Å². The van der Waals surface area contributed by atoms with E-state index in [1.807, 2.05) is 0 Å². The maximum absolute atomic E-state index is 2.39. The summed E-state index contributed by atoms with van der Waals surface area (Å²) in [6, 6.07) is 75.7. The van der Waals surface area contributed by atoms with Gasteiger partial charge in [-0.1, -0.05) is 170 Å². The van der Waals surface area contributed by atoms with Crippen LogP contribution in [0, 0.1) is 0 Å². The maximum atomic E-state index is 2.39. The third-order valence-electron chi connectivity index (χ3n) is 10.6. The zero-order valence-corrected chi connectivity index (χ0v) is 28.6. The number of hydrogen-bond donors (Lipinski definition) is 0. The summed E-state index contributed by atoms with van der Waals surface area (Å²) >= 11 is 0. The largest absolute Gasteiger partial charge is 0.0616 e. The molecular weight excluding hydrogens is 625 g/mol. The van der Waals surface area contributed by atoms with Crippen LogP contribution < -0.4 is 0 Å². The fourth-order valence-electron chi connectivity index (χ4n) is 7.85. The zero-order valence-electron chi connectivity index (χ0n) is 28.6. The molecule has 0 heteroatoms. The Balaban J connectivity index is 1.06. The summed E-state index contributed by atoms with van der Waals surface area (Å²) in [5.41, 5.74) is 12.3. The Kier molecular flexibility index (Phi) is 7.25. The molecule has 10 aromatic rings. The van der Waals surface area contributed by atoms with E-state index in [0.717, 1.165) is 0 Å². The van der Waals surface area contributed by atoms with Crippen LogP contribution in [0.5, 0.6) is 0 Å². The van der Waals surface area contributed by atoms with Gasteiger partial charge in [-0.15, -0.1) is 0 Å². The normalized spacial score (nSPS) is 11.5. The minimum Gasteiger partial charge on any atom is -0.0616 e. The molecule has 0 saturated heterocycles. The van der Waals surface area contributed by atoms with E-state index in [2.05, 4.69) is 206 Å². The van der Waals surface area contributed by atoms with E-state index in [0.29, 0.717) is 0 Å². The lowest BCUT2D eigenvalue weighted by molar-refractivity contribution is 1.60. The summed E-state index contributed by atoms with van der Waals surface area (Å²) in [6.45, 7) is 0. The highest BCUT2D eigenvalue weighted by atomic mass is 14.2. The minimum atomic E-state index is 1.21. The minimum absolute atomic E-state index is 1.21. The van der Waals surface area contributed by atoms with Crippen molar-refractivity contribution in [1.29, 1.82) is 0 Å². The van der Waals surface area contributed by atoms with Crippen molar-refractivity contribution in [3.63, 3.8) is 0 Å². The van der Waals surface area contributed by atoms with Crippen molar-refractivity contribution in [3.05, 3.63) is 206 Å². The van der Waals surface area contributed by atoms with Crippen LogP contribution in [-0.2, 0) is 0 Å². The summed E-state index contributed by atoms with van der Waals surface area (Å²) in [6.07, 6.45) is 0. The molecule has 0 fully saturated rings. The van der Waals surface area contributed by atoms with Crippen molar-refractivity contribution in [2.45, 2.75) is 0 Å². The highest BCUT2D eigenvalue weighted by Crippen LogP contribution is 2.41. The van der Waals surface area contributed by atoms with Crippen molar-refractivity contribution < 1.29 is 0 Å². The molecule has 0 N–H and O–H groups in total. The molecule has 0 spiro atoms. The van der Waals surface area contributed by atoms with Crippen LogP contribution in [-0.4, -0.2) is 0 Å². The second-order valence-corrected chi connectivity index (χ2v) is 13.8. The molecule has 242 valence electrons. The van der Waals surface area contributed by atoms with E-state index in [-0.39, 0.29) is 0 Å². The Morgan fingerprint density at radius 1 is 0.173 bits per heavy atom. The molecule has 0 aromatic heterocycles. The van der Waals surface area contributed by atoms with Gasteiger partial charge in [0.1, 0.15) is 0 Å². The van der Waals surface area contributed by atoms with Crippen LogP contribution in [0.3, 0.4) is 0 Å². The predicted octanol–water partition coefficient (Wildman–Crippen LogP) is 14.6. The molecule has 0 radical (unpaired) electrons. The topological polar surface area (TPSA) is 0 Å². The van der Waals surface area contributed by atoms with Crippen molar-refractivity contribution in [1.82, 2.24) is 0 Å². The quantitative estimate of drug-likeness (QED) is 0.173. The monoisotopic (exact) mass is 658 g/mol. The summed E-state index contributed by atoms with van der Waals surface area (Å²) in [5.74, 6) is 0. The Hall–Kier alpha value is -6.76. The SMILES string of the molecule is c1ccc2cc(-c3ccc(-c4cc(-c5cc(-c6ccc(-c7ccc8ccccc8c7)cc6)cc6ccccc56)c5ccccc5c4)cc3)ccc2c1. The molecule has 0 aliphatic rings. The van der Waals surface area contributed by atoms with E-state index in [1.165, 1.54) is 98.7 Å². The molecule has 0 unspecified atom stereocenters. The van der Waals surface area contributed by atoms with Gasteiger partial charge < -0.3 is 0 Å². The number of fused-ring (bicyclic) bond motifs is 4. The van der Waals surface area contributed by atoms with Gasteiger partial charge in [0.05, 0.1) is 0 Å². The molecule has 0 heterocycles. The number of hydrogen-bond acceptors (Lipinski definition) is 0. The molecule has 0 saturated carbocycles. The number of benzene rings is 10. The smallest absolute Gasteiger partial charge is 0.00928 e. The second kappa shape index (κ2) is 12.5. The predicted molar refractivity (Wildman–Crippen MR) is 224 cm³/mol. The first-order chi connectivity index (χ1) is 25.7. The Bertz CT molecular complexity index is 2730. The van der Waals surface area contributed by atoms with Crippen LogP contribution in [0.25, 0.3) is 98.7 Å². The first-order valence-electron chi connectivity index (χ1n) is 18.0. The van der Waals surface area contributed by atoms with Crippen LogP contribution in [0.1, 0.15) is 0 Å². The Labute approximate surface area is 303 Å². The highest BCUT2D eigenvalue weighted by molar-refractivity contribution is 6.09. The lowest BCUT2D eigenvalue weighted by Crippen LogP contribution is -1.89. The van der Waals surface area contributed by atoms with Crippen LogP contribution in [0.4, 0.5) is 0 Å². The van der Waals surface area contributed by atoms with Gasteiger partial charge in [0.2, 0.25) is 0 Å². The third-order valence-corrected chi connectivity index (χ3v) is 10.6. The lowest BCUT2D eigenvalue weighted by atomic mass is 9.88. The van der Waals surface area contributed by atoms with E-state index in [1.54, 1.807) is 0 Å². The first kappa shape index (κ1) is 30.1. The molecule has 10 aromatic carbocycles. The maximum Gasteiger partial charge on any atom is -0.00928 e. The van der Waals surface area contributed by atoms with E-state index in [4.69, 9.17) is 0 Å². The van der Waals surface area contributed by atoms with Crippen LogP contribution >= 0.6 is 0 Å².